The van der Waals surface area contributed by atoms with Crippen LogP contribution in [0, 0.1) is 18.3 Å². The Hall–Kier alpha value is -2.74. The van der Waals surface area contributed by atoms with E-state index in [1.54, 1.807) is 35.3 Å². The summed E-state index contributed by atoms with van der Waals surface area (Å²) in [6.45, 7) is 3.37. The predicted molar refractivity (Wildman–Crippen MR) is 112 cm³/mol. The Balaban J connectivity index is 1.20. The van der Waals surface area contributed by atoms with E-state index in [9.17, 15) is 9.59 Å². The van der Waals surface area contributed by atoms with Gasteiger partial charge < -0.3 is 10.2 Å². The van der Waals surface area contributed by atoms with Gasteiger partial charge in [0.15, 0.2) is 0 Å². The van der Waals surface area contributed by atoms with Crippen molar-refractivity contribution in [3.05, 3.63) is 41.2 Å². The molecule has 3 heterocycles. The molecule has 1 atom stereocenters. The molecule has 1 N–H and O–H groups in total. The maximum Gasteiger partial charge on any atom is 0.272 e. The first-order chi connectivity index (χ1) is 13.9. The topological polar surface area (TPSA) is 80.1 Å². The molecule has 5 rings (SSSR count). The van der Waals surface area contributed by atoms with Gasteiger partial charge >= 0.3 is 0 Å². The standard InChI is InChI=1S/C21H23N5O2S/c1-13-23-16-11-14(3-4-18(16)29-13)24-19(27)15-12-21(15)6-9-26(10-7-21)20(28)17-5-8-22-25(17)2/h3-5,8,11,15H,6-7,9-10,12H2,1-2H3,(H,24,27). The van der Waals surface area contributed by atoms with E-state index >= 15 is 0 Å². The molecule has 1 spiro atoms. The van der Waals surface area contributed by atoms with Crippen LogP contribution >= 0.6 is 11.3 Å². The number of hydrogen-bond donors (Lipinski definition) is 1. The zero-order valence-corrected chi connectivity index (χ0v) is 17.3. The van der Waals surface area contributed by atoms with Crippen LogP contribution < -0.4 is 5.32 Å². The number of aromatic nitrogens is 3. The third-order valence-corrected chi connectivity index (χ3v) is 7.31. The molecular formula is C21H23N5O2S. The summed E-state index contributed by atoms with van der Waals surface area (Å²) < 4.78 is 2.75. The van der Waals surface area contributed by atoms with Crippen LogP contribution in [0.5, 0.6) is 0 Å². The minimum atomic E-state index is 0.0216. The molecule has 1 aliphatic heterocycles. The number of amides is 2. The molecule has 0 bridgehead atoms. The Kier molecular flexibility index (Phi) is 4.20. The SMILES string of the molecule is Cc1nc2cc(NC(=O)C3CC34CCN(C(=O)c3ccnn3C)CC4)ccc2s1. The molecule has 1 saturated carbocycles. The summed E-state index contributed by atoms with van der Waals surface area (Å²) >= 11 is 1.66. The summed E-state index contributed by atoms with van der Waals surface area (Å²) in [5.74, 6) is 0.139. The van der Waals surface area contributed by atoms with E-state index < -0.39 is 0 Å². The fourth-order valence-electron chi connectivity index (χ4n) is 4.52. The van der Waals surface area contributed by atoms with Gasteiger partial charge in [0.05, 0.1) is 15.2 Å². The van der Waals surface area contributed by atoms with Crippen molar-refractivity contribution in [2.24, 2.45) is 18.4 Å². The predicted octanol–water partition coefficient (Wildman–Crippen LogP) is 3.22. The molecule has 2 fully saturated rings. The van der Waals surface area contributed by atoms with Crippen molar-refractivity contribution in [1.29, 1.82) is 0 Å². The van der Waals surface area contributed by atoms with Gasteiger partial charge in [0.1, 0.15) is 5.69 Å². The lowest BCUT2D eigenvalue weighted by Gasteiger charge is -2.32. The monoisotopic (exact) mass is 409 g/mol. The summed E-state index contributed by atoms with van der Waals surface area (Å²) in [5.41, 5.74) is 2.39. The second-order valence-corrected chi connectivity index (χ2v) is 9.39. The van der Waals surface area contributed by atoms with E-state index in [0.29, 0.717) is 18.8 Å². The van der Waals surface area contributed by atoms with E-state index in [1.807, 2.05) is 30.0 Å². The van der Waals surface area contributed by atoms with Crippen LogP contribution in [0.2, 0.25) is 0 Å². The largest absolute Gasteiger partial charge is 0.337 e. The average molecular weight is 410 g/mol. The highest BCUT2D eigenvalue weighted by atomic mass is 32.1. The molecule has 1 aliphatic carbocycles. The number of likely N-dealkylation sites (tertiary alicyclic amines) is 1. The van der Waals surface area contributed by atoms with Gasteiger partial charge in [-0.15, -0.1) is 11.3 Å². The number of nitrogens with one attached hydrogen (secondary N) is 1. The van der Waals surface area contributed by atoms with Crippen LogP contribution in [0.4, 0.5) is 5.69 Å². The van der Waals surface area contributed by atoms with Gasteiger partial charge in [0.25, 0.3) is 5.91 Å². The summed E-state index contributed by atoms with van der Waals surface area (Å²) in [6, 6.07) is 7.66. The van der Waals surface area contributed by atoms with Gasteiger partial charge in [-0.1, -0.05) is 0 Å². The number of aryl methyl sites for hydroxylation is 2. The van der Waals surface area contributed by atoms with Gasteiger partial charge in [0, 0.05) is 37.9 Å². The first-order valence-electron chi connectivity index (χ1n) is 9.91. The number of nitrogens with zero attached hydrogens (tertiary/aromatic N) is 4. The molecule has 8 heteroatoms. The number of hydrogen-bond acceptors (Lipinski definition) is 5. The van der Waals surface area contributed by atoms with Crippen molar-refractivity contribution in [2.45, 2.75) is 26.2 Å². The molecule has 2 amide bonds. The minimum absolute atomic E-state index is 0.0216. The van der Waals surface area contributed by atoms with Crippen LogP contribution in [0.25, 0.3) is 10.2 Å². The van der Waals surface area contributed by atoms with Crippen LogP contribution in [-0.4, -0.2) is 44.6 Å². The first-order valence-corrected chi connectivity index (χ1v) is 10.7. The highest BCUT2D eigenvalue weighted by Crippen LogP contribution is 2.59. The second kappa shape index (κ2) is 6.66. The quantitative estimate of drug-likeness (QED) is 0.720. The average Bonchev–Trinajstić information content (AvgIpc) is 3.02. The van der Waals surface area contributed by atoms with Crippen molar-refractivity contribution in [1.82, 2.24) is 19.7 Å². The lowest BCUT2D eigenvalue weighted by Crippen LogP contribution is -2.40. The fraction of sp³-hybridized carbons (Fsp3) is 0.429. The zero-order valence-electron chi connectivity index (χ0n) is 16.5. The minimum Gasteiger partial charge on any atom is -0.337 e. The molecule has 29 heavy (non-hydrogen) atoms. The Bertz CT molecular complexity index is 1110. The van der Waals surface area contributed by atoms with E-state index in [-0.39, 0.29) is 23.1 Å². The Morgan fingerprint density at radius 1 is 1.24 bits per heavy atom. The maximum absolute atomic E-state index is 12.8. The summed E-state index contributed by atoms with van der Waals surface area (Å²) in [6.07, 6.45) is 4.30. The van der Waals surface area contributed by atoms with Crippen molar-refractivity contribution in [2.75, 3.05) is 18.4 Å². The molecule has 1 saturated heterocycles. The highest BCUT2D eigenvalue weighted by Gasteiger charge is 2.58. The van der Waals surface area contributed by atoms with Gasteiger partial charge in [-0.2, -0.15) is 5.10 Å². The number of carbonyl (C=O) groups is 2. The number of rotatable bonds is 3. The van der Waals surface area contributed by atoms with E-state index in [0.717, 1.165) is 40.2 Å². The first kappa shape index (κ1) is 18.3. The van der Waals surface area contributed by atoms with Gasteiger partial charge in [-0.25, -0.2) is 4.98 Å². The lowest BCUT2D eigenvalue weighted by molar-refractivity contribution is -0.118. The fourth-order valence-corrected chi connectivity index (χ4v) is 5.33. The van der Waals surface area contributed by atoms with Crippen molar-refractivity contribution >= 4 is 39.1 Å². The number of benzene rings is 1. The Morgan fingerprint density at radius 3 is 2.76 bits per heavy atom. The zero-order chi connectivity index (χ0) is 20.2. The highest BCUT2D eigenvalue weighted by molar-refractivity contribution is 7.18. The second-order valence-electron chi connectivity index (χ2n) is 8.16. The van der Waals surface area contributed by atoms with Crippen molar-refractivity contribution < 1.29 is 9.59 Å². The summed E-state index contributed by atoms with van der Waals surface area (Å²) in [5, 5.41) is 8.18. The number of thiazole rings is 1. The molecule has 3 aromatic rings. The van der Waals surface area contributed by atoms with E-state index in [4.69, 9.17) is 0 Å². The van der Waals surface area contributed by atoms with Gasteiger partial charge in [-0.3, -0.25) is 14.3 Å². The molecule has 2 aliphatic rings. The summed E-state index contributed by atoms with van der Waals surface area (Å²) in [7, 11) is 1.78. The van der Waals surface area contributed by atoms with Gasteiger partial charge in [0.2, 0.25) is 5.91 Å². The molecular weight excluding hydrogens is 386 g/mol. The van der Waals surface area contributed by atoms with Crippen LogP contribution in [0.1, 0.15) is 34.8 Å². The van der Waals surface area contributed by atoms with E-state index in [2.05, 4.69) is 15.4 Å². The Labute approximate surface area is 172 Å². The maximum atomic E-state index is 12.8. The number of fused-ring (bicyclic) bond motifs is 1. The van der Waals surface area contributed by atoms with Gasteiger partial charge in [-0.05, 0) is 55.9 Å². The molecule has 2 aromatic heterocycles. The van der Waals surface area contributed by atoms with Crippen LogP contribution in [0.15, 0.2) is 30.5 Å². The van der Waals surface area contributed by atoms with Crippen LogP contribution in [0.3, 0.4) is 0 Å². The number of anilines is 1. The van der Waals surface area contributed by atoms with Crippen molar-refractivity contribution in [3.63, 3.8) is 0 Å². The third-order valence-electron chi connectivity index (χ3n) is 6.35. The third kappa shape index (κ3) is 3.21. The smallest absolute Gasteiger partial charge is 0.272 e. The Morgan fingerprint density at radius 2 is 2.03 bits per heavy atom. The molecule has 150 valence electrons. The number of piperidine rings is 1. The summed E-state index contributed by atoms with van der Waals surface area (Å²) in [4.78, 5) is 31.9. The van der Waals surface area contributed by atoms with Crippen molar-refractivity contribution in [3.8, 4) is 0 Å². The lowest BCUT2D eigenvalue weighted by atomic mass is 9.90. The number of carbonyl (C=O) groups excluding carboxylic acids is 2. The van der Waals surface area contributed by atoms with Crippen LogP contribution in [-0.2, 0) is 11.8 Å². The van der Waals surface area contributed by atoms with E-state index in [1.165, 1.54) is 0 Å². The molecule has 1 unspecified atom stereocenters. The molecule has 7 nitrogen and oxygen atoms in total. The normalized spacial score (nSPS) is 20.2. The molecule has 1 aromatic carbocycles. The molecule has 0 radical (unpaired) electrons.